The lowest BCUT2D eigenvalue weighted by atomic mass is 10.2. The third kappa shape index (κ3) is 5.17. The number of rotatable bonds is 5. The van der Waals surface area contributed by atoms with Gasteiger partial charge in [0, 0.05) is 44.0 Å². The zero-order valence-electron chi connectivity index (χ0n) is 15.1. The summed E-state index contributed by atoms with van der Waals surface area (Å²) in [7, 11) is 0. The molecule has 1 saturated heterocycles. The second-order valence-electron chi connectivity index (χ2n) is 6.20. The van der Waals surface area contributed by atoms with Crippen molar-refractivity contribution in [3.05, 3.63) is 64.7 Å². The molecule has 0 bridgehead atoms. The number of para-hydroxylation sites is 1. The number of hydrogen-bond donors (Lipinski definition) is 1. The minimum absolute atomic E-state index is 0.0731. The molecule has 0 aromatic heterocycles. The summed E-state index contributed by atoms with van der Waals surface area (Å²) in [6.45, 7) is 2.60. The van der Waals surface area contributed by atoms with E-state index in [1.807, 2.05) is 23.1 Å². The van der Waals surface area contributed by atoms with E-state index in [-0.39, 0.29) is 18.2 Å². The Morgan fingerprint density at radius 2 is 1.71 bits per heavy atom. The molecule has 3 rings (SSSR count). The van der Waals surface area contributed by atoms with Gasteiger partial charge in [-0.15, -0.1) is 0 Å². The van der Waals surface area contributed by atoms with Crippen LogP contribution >= 0.6 is 12.2 Å². The predicted molar refractivity (Wildman–Crippen MR) is 110 cm³/mol. The first-order valence-electron chi connectivity index (χ1n) is 8.79. The summed E-state index contributed by atoms with van der Waals surface area (Å²) in [5, 5.41) is 13.8. The molecule has 1 fully saturated rings. The van der Waals surface area contributed by atoms with Gasteiger partial charge in [0.15, 0.2) is 11.7 Å². The first-order chi connectivity index (χ1) is 13.5. The van der Waals surface area contributed by atoms with Gasteiger partial charge >= 0.3 is 0 Å². The Hall–Kier alpha value is -3.20. The Labute approximate surface area is 167 Å². The maximum atomic E-state index is 12.0. The molecule has 0 atom stereocenters. The highest BCUT2D eigenvalue weighted by atomic mass is 32.1. The van der Waals surface area contributed by atoms with E-state index in [9.17, 15) is 14.9 Å². The highest BCUT2D eigenvalue weighted by Crippen LogP contribution is 2.20. The minimum atomic E-state index is -0.412. The molecule has 1 aliphatic heterocycles. The van der Waals surface area contributed by atoms with Crippen molar-refractivity contribution >= 4 is 34.6 Å². The number of amides is 1. The molecule has 28 heavy (non-hydrogen) atoms. The van der Waals surface area contributed by atoms with Gasteiger partial charge in [0.05, 0.1) is 4.92 Å². The number of ether oxygens (including phenoxy) is 1. The van der Waals surface area contributed by atoms with Crippen molar-refractivity contribution in [1.29, 1.82) is 0 Å². The molecule has 146 valence electrons. The molecule has 0 spiro atoms. The van der Waals surface area contributed by atoms with Gasteiger partial charge in [0.25, 0.3) is 11.6 Å². The lowest BCUT2D eigenvalue weighted by Crippen LogP contribution is -2.53. The number of carbonyl (C=O) groups excluding carboxylic acids is 1. The molecule has 0 unspecified atom stereocenters. The smallest absolute Gasteiger partial charge is 0.269 e. The first-order valence-corrected chi connectivity index (χ1v) is 9.20. The fraction of sp³-hybridized carbons (Fsp3) is 0.263. The van der Waals surface area contributed by atoms with Gasteiger partial charge < -0.3 is 19.9 Å². The molecule has 0 saturated carbocycles. The lowest BCUT2D eigenvalue weighted by molar-refractivity contribution is -0.384. The Morgan fingerprint density at radius 3 is 2.32 bits per heavy atom. The van der Waals surface area contributed by atoms with Crippen LogP contribution in [0, 0.1) is 10.1 Å². The number of piperazine rings is 1. The average molecular weight is 400 g/mol. The van der Waals surface area contributed by atoms with Gasteiger partial charge in [-0.2, -0.15) is 0 Å². The lowest BCUT2D eigenvalue weighted by Gasteiger charge is -2.37. The number of nitro groups is 1. The fourth-order valence-corrected chi connectivity index (χ4v) is 3.15. The maximum Gasteiger partial charge on any atom is 0.269 e. The van der Waals surface area contributed by atoms with Crippen LogP contribution in [0.5, 0.6) is 5.75 Å². The number of anilines is 1. The van der Waals surface area contributed by atoms with E-state index < -0.39 is 4.92 Å². The van der Waals surface area contributed by atoms with E-state index in [0.29, 0.717) is 37.0 Å². The molecule has 1 amide bonds. The third-order valence-corrected chi connectivity index (χ3v) is 4.71. The second-order valence-corrected chi connectivity index (χ2v) is 6.59. The molecule has 1 aliphatic rings. The Balaban J connectivity index is 1.44. The first kappa shape index (κ1) is 19.6. The number of nitrogens with zero attached hydrogens (tertiary/aromatic N) is 3. The van der Waals surface area contributed by atoms with Crippen molar-refractivity contribution < 1.29 is 14.5 Å². The van der Waals surface area contributed by atoms with Crippen LogP contribution < -0.4 is 15.0 Å². The molecule has 2 aromatic carbocycles. The molecule has 2 aromatic rings. The summed E-state index contributed by atoms with van der Waals surface area (Å²) in [6, 6.07) is 15.6. The number of carbonyl (C=O) groups is 1. The number of non-ortho nitro benzene ring substituents is 1. The van der Waals surface area contributed by atoms with Gasteiger partial charge in [-0.1, -0.05) is 18.2 Å². The number of thiocarbonyl (C=S) groups is 1. The molecule has 1 heterocycles. The highest BCUT2D eigenvalue weighted by molar-refractivity contribution is 7.80. The Bertz CT molecular complexity index is 837. The standard InChI is InChI=1S/C19H20N4O4S/c24-18(14-27-17-4-2-1-3-5-17)20-19(28)22-12-10-21(11-13-22)15-6-8-16(9-7-15)23(25)26/h1-9H,10-14H2,(H,20,24,28). The van der Waals surface area contributed by atoms with Gasteiger partial charge in [-0.25, -0.2) is 0 Å². The van der Waals surface area contributed by atoms with Crippen LogP contribution in [0.1, 0.15) is 0 Å². The van der Waals surface area contributed by atoms with E-state index >= 15 is 0 Å². The molecular formula is C19H20N4O4S. The van der Waals surface area contributed by atoms with Gasteiger partial charge in [-0.05, 0) is 36.5 Å². The van der Waals surface area contributed by atoms with Crippen LogP contribution in [0.3, 0.4) is 0 Å². The summed E-state index contributed by atoms with van der Waals surface area (Å²) in [4.78, 5) is 26.4. The molecule has 9 heteroatoms. The Morgan fingerprint density at radius 1 is 1.07 bits per heavy atom. The van der Waals surface area contributed by atoms with E-state index in [1.165, 1.54) is 12.1 Å². The van der Waals surface area contributed by atoms with Crippen LogP contribution in [0.2, 0.25) is 0 Å². The van der Waals surface area contributed by atoms with E-state index in [2.05, 4.69) is 10.2 Å². The topological polar surface area (TPSA) is 88.0 Å². The summed E-state index contributed by atoms with van der Waals surface area (Å²) in [5.74, 6) is 0.326. The monoisotopic (exact) mass is 400 g/mol. The minimum Gasteiger partial charge on any atom is -0.484 e. The molecule has 0 radical (unpaired) electrons. The SMILES string of the molecule is O=C(COc1ccccc1)NC(=S)N1CCN(c2ccc([N+](=O)[O-])cc2)CC1. The van der Waals surface area contributed by atoms with E-state index in [0.717, 1.165) is 5.69 Å². The molecular weight excluding hydrogens is 380 g/mol. The maximum absolute atomic E-state index is 12.0. The summed E-state index contributed by atoms with van der Waals surface area (Å²) in [6.07, 6.45) is 0. The van der Waals surface area contributed by atoms with Crippen molar-refractivity contribution in [3.8, 4) is 5.75 Å². The van der Waals surface area contributed by atoms with E-state index in [4.69, 9.17) is 17.0 Å². The van der Waals surface area contributed by atoms with Crippen LogP contribution in [0.15, 0.2) is 54.6 Å². The zero-order chi connectivity index (χ0) is 19.9. The van der Waals surface area contributed by atoms with Crippen LogP contribution in [-0.4, -0.2) is 53.6 Å². The van der Waals surface area contributed by atoms with Crippen molar-refractivity contribution in [2.75, 3.05) is 37.7 Å². The summed E-state index contributed by atoms with van der Waals surface area (Å²) in [5.41, 5.74) is 1.00. The molecule has 1 N–H and O–H groups in total. The number of benzene rings is 2. The molecule has 0 aliphatic carbocycles. The number of nitro benzene ring substituents is 1. The highest BCUT2D eigenvalue weighted by Gasteiger charge is 2.21. The predicted octanol–water partition coefficient (Wildman–Crippen LogP) is 2.20. The van der Waals surface area contributed by atoms with Crippen molar-refractivity contribution in [1.82, 2.24) is 10.2 Å². The normalized spacial score (nSPS) is 13.7. The average Bonchev–Trinajstić information content (AvgIpc) is 2.73. The van der Waals surface area contributed by atoms with Gasteiger partial charge in [-0.3, -0.25) is 14.9 Å². The van der Waals surface area contributed by atoms with Crippen LogP contribution in [0.4, 0.5) is 11.4 Å². The van der Waals surface area contributed by atoms with Gasteiger partial charge in [0.1, 0.15) is 5.75 Å². The number of hydrogen-bond acceptors (Lipinski definition) is 6. The zero-order valence-corrected chi connectivity index (χ0v) is 15.9. The van der Waals surface area contributed by atoms with Crippen LogP contribution in [0.25, 0.3) is 0 Å². The van der Waals surface area contributed by atoms with Crippen molar-refractivity contribution in [2.24, 2.45) is 0 Å². The Kier molecular flexibility index (Phi) is 6.38. The summed E-state index contributed by atoms with van der Waals surface area (Å²) >= 11 is 5.33. The van der Waals surface area contributed by atoms with Crippen molar-refractivity contribution in [3.63, 3.8) is 0 Å². The van der Waals surface area contributed by atoms with Crippen molar-refractivity contribution in [2.45, 2.75) is 0 Å². The largest absolute Gasteiger partial charge is 0.484 e. The van der Waals surface area contributed by atoms with Gasteiger partial charge in [0.2, 0.25) is 0 Å². The summed E-state index contributed by atoms with van der Waals surface area (Å²) < 4.78 is 5.41. The molecule has 8 nitrogen and oxygen atoms in total. The number of nitrogens with one attached hydrogen (secondary N) is 1. The third-order valence-electron chi connectivity index (χ3n) is 4.35. The fourth-order valence-electron chi connectivity index (χ4n) is 2.85. The quantitative estimate of drug-likeness (QED) is 0.468. The van der Waals surface area contributed by atoms with E-state index in [1.54, 1.807) is 24.3 Å². The van der Waals surface area contributed by atoms with Crippen LogP contribution in [-0.2, 0) is 4.79 Å². The second kappa shape index (κ2) is 9.14.